The Hall–Kier alpha value is -1.59. The van der Waals surface area contributed by atoms with Crippen LogP contribution in [0.25, 0.3) is 0 Å². The summed E-state index contributed by atoms with van der Waals surface area (Å²) in [4.78, 5) is 20.3. The van der Waals surface area contributed by atoms with Crippen molar-refractivity contribution in [2.75, 3.05) is 25.0 Å². The number of nitrogens with zero attached hydrogens (tertiary/aromatic N) is 4. The average Bonchev–Trinajstić information content (AvgIpc) is 2.94. The van der Waals surface area contributed by atoms with Gasteiger partial charge in [0, 0.05) is 44.4 Å². The Morgan fingerprint density at radius 2 is 2.15 bits per heavy atom. The molecular formula is C14H24N4O2. The summed E-state index contributed by atoms with van der Waals surface area (Å²) in [6, 6.07) is 0. The molecule has 1 fully saturated rings. The molecule has 6 nitrogen and oxygen atoms in total. The van der Waals surface area contributed by atoms with Crippen LogP contribution in [0, 0.1) is 5.92 Å². The third kappa shape index (κ3) is 3.11. The van der Waals surface area contributed by atoms with Gasteiger partial charge in [-0.3, -0.25) is 4.79 Å². The number of likely N-dealkylation sites (tertiary alicyclic amines) is 1. The lowest BCUT2D eigenvalue weighted by Crippen LogP contribution is -2.42. The van der Waals surface area contributed by atoms with E-state index in [0.29, 0.717) is 24.2 Å². The highest BCUT2D eigenvalue weighted by Crippen LogP contribution is 2.26. The number of carbonyl (C=O) groups is 1. The smallest absolute Gasteiger partial charge is 0.265 e. The van der Waals surface area contributed by atoms with Gasteiger partial charge < -0.3 is 14.3 Å². The van der Waals surface area contributed by atoms with Gasteiger partial charge in [0.25, 0.3) is 5.95 Å². The van der Waals surface area contributed by atoms with Gasteiger partial charge >= 0.3 is 0 Å². The number of aromatic nitrogens is 2. The van der Waals surface area contributed by atoms with E-state index in [1.807, 2.05) is 23.8 Å². The minimum absolute atomic E-state index is 0.105. The van der Waals surface area contributed by atoms with Gasteiger partial charge in [-0.15, -0.1) is 0 Å². The van der Waals surface area contributed by atoms with Crippen molar-refractivity contribution in [3.8, 4) is 0 Å². The van der Waals surface area contributed by atoms with Crippen LogP contribution in [-0.4, -0.2) is 46.6 Å². The molecule has 1 amide bonds. The number of carbonyl (C=O) groups excluding carboxylic acids is 1. The highest BCUT2D eigenvalue weighted by atomic mass is 16.5. The van der Waals surface area contributed by atoms with Crippen molar-refractivity contribution in [1.29, 1.82) is 0 Å². The number of rotatable bonds is 4. The number of amides is 1. The zero-order chi connectivity index (χ0) is 14.9. The Bertz CT molecular complexity index is 478. The van der Waals surface area contributed by atoms with Crippen molar-refractivity contribution < 1.29 is 9.32 Å². The number of hydrogen-bond donors (Lipinski definition) is 0. The monoisotopic (exact) mass is 280 g/mol. The predicted molar refractivity (Wildman–Crippen MR) is 76.5 cm³/mol. The summed E-state index contributed by atoms with van der Waals surface area (Å²) in [5.74, 6) is 1.79. The summed E-state index contributed by atoms with van der Waals surface area (Å²) in [7, 11) is 1.94. The summed E-state index contributed by atoms with van der Waals surface area (Å²) in [6.07, 6.45) is 1.33. The molecular weight excluding hydrogens is 256 g/mol. The largest absolute Gasteiger partial charge is 0.341 e. The van der Waals surface area contributed by atoms with Crippen molar-refractivity contribution >= 4 is 11.9 Å². The molecule has 0 saturated carbocycles. The topological polar surface area (TPSA) is 62.5 Å². The maximum Gasteiger partial charge on any atom is 0.265 e. The van der Waals surface area contributed by atoms with E-state index in [4.69, 9.17) is 4.52 Å². The molecule has 20 heavy (non-hydrogen) atoms. The first-order valence-electron chi connectivity index (χ1n) is 7.15. The third-order valence-corrected chi connectivity index (χ3v) is 3.65. The maximum atomic E-state index is 12.1. The van der Waals surface area contributed by atoms with Crippen LogP contribution in [0.5, 0.6) is 0 Å². The van der Waals surface area contributed by atoms with Gasteiger partial charge in [0.05, 0.1) is 0 Å². The minimum atomic E-state index is -0.105. The van der Waals surface area contributed by atoms with E-state index in [-0.39, 0.29) is 11.4 Å². The van der Waals surface area contributed by atoms with Crippen molar-refractivity contribution in [2.24, 2.45) is 5.92 Å². The van der Waals surface area contributed by atoms with Crippen molar-refractivity contribution in [3.05, 3.63) is 5.89 Å². The molecule has 1 aliphatic rings. The molecule has 1 aromatic heterocycles. The second kappa shape index (κ2) is 5.42. The maximum absolute atomic E-state index is 12.1. The van der Waals surface area contributed by atoms with E-state index in [9.17, 15) is 4.79 Å². The van der Waals surface area contributed by atoms with Gasteiger partial charge in [0.15, 0.2) is 0 Å². The van der Waals surface area contributed by atoms with Crippen molar-refractivity contribution in [3.63, 3.8) is 0 Å². The lowest BCUT2D eigenvalue weighted by Gasteiger charge is -2.32. The first-order chi connectivity index (χ1) is 9.31. The first kappa shape index (κ1) is 14.8. The van der Waals surface area contributed by atoms with E-state index < -0.39 is 0 Å². The molecule has 6 heteroatoms. The summed E-state index contributed by atoms with van der Waals surface area (Å²) in [5.41, 5.74) is -0.105. The Balaban J connectivity index is 1.96. The molecule has 0 bridgehead atoms. The SMILES string of the molecule is CCc1nc(N(C)CC2CC(=O)N(C(C)(C)C)C2)no1. The van der Waals surface area contributed by atoms with Gasteiger partial charge in [-0.1, -0.05) is 6.92 Å². The summed E-state index contributed by atoms with van der Waals surface area (Å²) in [6.45, 7) is 9.76. The van der Waals surface area contributed by atoms with Crippen LogP contribution >= 0.6 is 0 Å². The van der Waals surface area contributed by atoms with Gasteiger partial charge in [0.2, 0.25) is 11.8 Å². The zero-order valence-corrected chi connectivity index (χ0v) is 13.0. The molecule has 0 aliphatic carbocycles. The van der Waals surface area contributed by atoms with E-state index in [2.05, 4.69) is 30.9 Å². The van der Waals surface area contributed by atoms with Crippen LogP contribution in [0.2, 0.25) is 0 Å². The van der Waals surface area contributed by atoms with Gasteiger partial charge in [-0.2, -0.15) is 4.98 Å². The number of hydrogen-bond acceptors (Lipinski definition) is 5. The Morgan fingerprint density at radius 1 is 1.45 bits per heavy atom. The number of aryl methyl sites for hydroxylation is 1. The van der Waals surface area contributed by atoms with Crippen LogP contribution in [0.1, 0.15) is 40.0 Å². The molecule has 0 spiro atoms. The van der Waals surface area contributed by atoms with Crippen LogP contribution in [0.4, 0.5) is 5.95 Å². The predicted octanol–water partition coefficient (Wildman–Crippen LogP) is 1.72. The molecule has 0 radical (unpaired) electrons. The van der Waals surface area contributed by atoms with Crippen molar-refractivity contribution in [2.45, 2.75) is 46.1 Å². The fraction of sp³-hybridized carbons (Fsp3) is 0.786. The third-order valence-electron chi connectivity index (χ3n) is 3.65. The Kier molecular flexibility index (Phi) is 4.01. The summed E-state index contributed by atoms with van der Waals surface area (Å²) in [5, 5.41) is 3.96. The molecule has 112 valence electrons. The van der Waals surface area contributed by atoms with E-state index >= 15 is 0 Å². The second-order valence-electron chi connectivity index (χ2n) is 6.47. The number of anilines is 1. The molecule has 1 unspecified atom stereocenters. The van der Waals surface area contributed by atoms with E-state index in [1.165, 1.54) is 0 Å². The van der Waals surface area contributed by atoms with Gasteiger partial charge in [0.1, 0.15) is 0 Å². The van der Waals surface area contributed by atoms with Gasteiger partial charge in [-0.05, 0) is 25.9 Å². The minimum Gasteiger partial charge on any atom is -0.341 e. The summed E-state index contributed by atoms with van der Waals surface area (Å²) >= 11 is 0. The van der Waals surface area contributed by atoms with Crippen LogP contribution in [0.15, 0.2) is 4.52 Å². The lowest BCUT2D eigenvalue weighted by molar-refractivity contribution is -0.131. The van der Waals surface area contributed by atoms with Crippen LogP contribution in [0.3, 0.4) is 0 Å². The molecule has 0 aromatic carbocycles. The first-order valence-corrected chi connectivity index (χ1v) is 7.15. The fourth-order valence-corrected chi connectivity index (χ4v) is 2.57. The second-order valence-corrected chi connectivity index (χ2v) is 6.47. The zero-order valence-electron chi connectivity index (χ0n) is 13.0. The molecule has 2 rings (SSSR count). The lowest BCUT2D eigenvalue weighted by atomic mass is 10.1. The van der Waals surface area contributed by atoms with E-state index in [0.717, 1.165) is 19.5 Å². The van der Waals surface area contributed by atoms with E-state index in [1.54, 1.807) is 0 Å². The molecule has 1 aliphatic heterocycles. The summed E-state index contributed by atoms with van der Waals surface area (Å²) < 4.78 is 5.12. The van der Waals surface area contributed by atoms with Crippen LogP contribution < -0.4 is 4.90 Å². The molecule has 1 atom stereocenters. The van der Waals surface area contributed by atoms with Crippen molar-refractivity contribution in [1.82, 2.24) is 15.0 Å². The van der Waals surface area contributed by atoms with Gasteiger partial charge in [-0.25, -0.2) is 0 Å². The molecule has 1 aromatic rings. The Morgan fingerprint density at radius 3 is 2.65 bits per heavy atom. The highest BCUT2D eigenvalue weighted by molar-refractivity contribution is 5.79. The highest BCUT2D eigenvalue weighted by Gasteiger charge is 2.36. The molecule has 1 saturated heterocycles. The molecule has 2 heterocycles. The van der Waals surface area contributed by atoms with Crippen LogP contribution in [-0.2, 0) is 11.2 Å². The quantitative estimate of drug-likeness (QED) is 0.840. The standard InChI is InChI=1S/C14H24N4O2/c1-6-11-15-13(16-20-11)17(5)8-10-7-12(19)18(9-10)14(2,3)4/h10H,6-9H2,1-5H3. The normalized spacial score (nSPS) is 19.8. The Labute approximate surface area is 120 Å². The fourth-order valence-electron chi connectivity index (χ4n) is 2.57. The molecule has 0 N–H and O–H groups in total. The average molecular weight is 280 g/mol.